The zero-order valence-electron chi connectivity index (χ0n) is 10.0. The van der Waals surface area contributed by atoms with E-state index in [1.165, 1.54) is 12.1 Å². The molecule has 6 heteroatoms. The van der Waals surface area contributed by atoms with Crippen LogP contribution in [0.1, 0.15) is 5.56 Å². The molecule has 0 atom stereocenters. The van der Waals surface area contributed by atoms with Crippen molar-refractivity contribution in [2.45, 2.75) is 13.3 Å². The molecule has 0 spiro atoms. The standard InChI is InChI=1S/C13H11F3N2O/c1-8-6-12(17)18-7-11(8)9-2-4-10(5-3-9)19-13(14,15)16/h2-7H,1H3,(H2,17,18). The van der Waals surface area contributed by atoms with Gasteiger partial charge < -0.3 is 10.5 Å². The fraction of sp³-hybridized carbons (Fsp3) is 0.154. The van der Waals surface area contributed by atoms with Gasteiger partial charge in [-0.1, -0.05) is 12.1 Å². The number of hydrogen-bond acceptors (Lipinski definition) is 3. The van der Waals surface area contributed by atoms with Gasteiger partial charge >= 0.3 is 6.36 Å². The fourth-order valence-corrected chi connectivity index (χ4v) is 1.72. The van der Waals surface area contributed by atoms with Crippen LogP contribution < -0.4 is 10.5 Å². The molecule has 2 aromatic rings. The number of rotatable bonds is 2. The Balaban J connectivity index is 2.27. The van der Waals surface area contributed by atoms with Crippen molar-refractivity contribution < 1.29 is 17.9 Å². The summed E-state index contributed by atoms with van der Waals surface area (Å²) in [7, 11) is 0. The van der Waals surface area contributed by atoms with Crippen molar-refractivity contribution >= 4 is 5.82 Å². The molecule has 0 aliphatic carbocycles. The zero-order chi connectivity index (χ0) is 14.0. The van der Waals surface area contributed by atoms with Crippen LogP contribution in [0.4, 0.5) is 19.0 Å². The summed E-state index contributed by atoms with van der Waals surface area (Å²) >= 11 is 0. The van der Waals surface area contributed by atoms with Gasteiger partial charge in [0.05, 0.1) is 0 Å². The maximum atomic E-state index is 12.0. The van der Waals surface area contributed by atoms with Gasteiger partial charge in [-0.25, -0.2) is 4.98 Å². The lowest BCUT2D eigenvalue weighted by molar-refractivity contribution is -0.274. The Morgan fingerprint density at radius 1 is 1.16 bits per heavy atom. The second-order valence-electron chi connectivity index (χ2n) is 4.00. The predicted molar refractivity (Wildman–Crippen MR) is 65.5 cm³/mol. The predicted octanol–water partition coefficient (Wildman–Crippen LogP) is 3.54. The number of ether oxygens (including phenoxy) is 1. The summed E-state index contributed by atoms with van der Waals surface area (Å²) in [6.07, 6.45) is -3.09. The van der Waals surface area contributed by atoms with E-state index in [4.69, 9.17) is 5.73 Å². The average molecular weight is 268 g/mol. The highest BCUT2D eigenvalue weighted by Gasteiger charge is 2.30. The lowest BCUT2D eigenvalue weighted by Crippen LogP contribution is -2.16. The third-order valence-electron chi connectivity index (χ3n) is 2.53. The topological polar surface area (TPSA) is 48.1 Å². The lowest BCUT2D eigenvalue weighted by Gasteiger charge is -2.10. The minimum absolute atomic E-state index is 0.252. The van der Waals surface area contributed by atoms with Gasteiger partial charge in [-0.2, -0.15) is 0 Å². The van der Waals surface area contributed by atoms with E-state index in [2.05, 4.69) is 9.72 Å². The highest BCUT2D eigenvalue weighted by Crippen LogP contribution is 2.28. The number of nitrogen functional groups attached to an aromatic ring is 1. The van der Waals surface area contributed by atoms with Crippen molar-refractivity contribution in [3.8, 4) is 16.9 Å². The van der Waals surface area contributed by atoms with Gasteiger partial charge in [-0.15, -0.1) is 13.2 Å². The first kappa shape index (κ1) is 13.2. The van der Waals surface area contributed by atoms with Crippen LogP contribution in [0.3, 0.4) is 0 Å². The third kappa shape index (κ3) is 3.37. The van der Waals surface area contributed by atoms with Gasteiger partial charge in [-0.3, -0.25) is 0 Å². The summed E-state index contributed by atoms with van der Waals surface area (Å²) < 4.78 is 39.9. The van der Waals surface area contributed by atoms with E-state index in [1.807, 2.05) is 6.92 Å². The molecular formula is C13H11F3N2O. The van der Waals surface area contributed by atoms with Crippen molar-refractivity contribution in [3.05, 3.63) is 42.1 Å². The van der Waals surface area contributed by atoms with Crippen molar-refractivity contribution in [3.63, 3.8) is 0 Å². The molecule has 2 rings (SSSR count). The van der Waals surface area contributed by atoms with Gasteiger partial charge in [-0.05, 0) is 36.2 Å². The molecule has 19 heavy (non-hydrogen) atoms. The molecule has 3 nitrogen and oxygen atoms in total. The van der Waals surface area contributed by atoms with Gasteiger partial charge in [0, 0.05) is 11.8 Å². The summed E-state index contributed by atoms with van der Waals surface area (Å²) in [6.45, 7) is 1.85. The van der Waals surface area contributed by atoms with E-state index in [0.717, 1.165) is 16.7 Å². The second-order valence-corrected chi connectivity index (χ2v) is 4.00. The molecule has 1 aromatic carbocycles. The molecule has 2 N–H and O–H groups in total. The average Bonchev–Trinajstić information content (AvgIpc) is 2.28. The number of hydrogen-bond donors (Lipinski definition) is 1. The van der Waals surface area contributed by atoms with Crippen LogP contribution in [0, 0.1) is 6.92 Å². The number of halogens is 3. The van der Waals surface area contributed by atoms with Crippen LogP contribution >= 0.6 is 0 Å². The van der Waals surface area contributed by atoms with Crippen LogP contribution in [0.2, 0.25) is 0 Å². The van der Waals surface area contributed by atoms with E-state index < -0.39 is 6.36 Å². The Hall–Kier alpha value is -2.24. The summed E-state index contributed by atoms with van der Waals surface area (Å²) in [5.41, 5.74) is 8.01. The van der Waals surface area contributed by atoms with Gasteiger partial charge in [0.25, 0.3) is 0 Å². The number of nitrogens with two attached hydrogens (primary N) is 1. The molecule has 0 aliphatic rings. The quantitative estimate of drug-likeness (QED) is 0.906. The van der Waals surface area contributed by atoms with Crippen molar-refractivity contribution in [2.24, 2.45) is 0 Å². The molecule has 0 saturated carbocycles. The second kappa shape index (κ2) is 4.79. The first-order chi connectivity index (χ1) is 8.85. The molecular weight excluding hydrogens is 257 g/mol. The van der Waals surface area contributed by atoms with Crippen LogP contribution in [0.25, 0.3) is 11.1 Å². The number of benzene rings is 1. The van der Waals surface area contributed by atoms with E-state index in [9.17, 15) is 13.2 Å². The number of aromatic nitrogens is 1. The van der Waals surface area contributed by atoms with Crippen molar-refractivity contribution in [1.82, 2.24) is 4.98 Å². The number of aryl methyl sites for hydroxylation is 1. The number of nitrogens with zero attached hydrogens (tertiary/aromatic N) is 1. The van der Waals surface area contributed by atoms with E-state index in [-0.39, 0.29) is 5.75 Å². The van der Waals surface area contributed by atoms with Crippen LogP contribution in [-0.4, -0.2) is 11.3 Å². The lowest BCUT2D eigenvalue weighted by atomic mass is 10.0. The van der Waals surface area contributed by atoms with Crippen LogP contribution in [0.5, 0.6) is 5.75 Å². The Kier molecular flexibility index (Phi) is 3.33. The Morgan fingerprint density at radius 2 is 1.79 bits per heavy atom. The number of alkyl halides is 3. The highest BCUT2D eigenvalue weighted by molar-refractivity contribution is 5.68. The minimum Gasteiger partial charge on any atom is -0.406 e. The zero-order valence-corrected chi connectivity index (χ0v) is 10.0. The number of pyridine rings is 1. The Morgan fingerprint density at radius 3 is 2.32 bits per heavy atom. The molecule has 0 fully saturated rings. The van der Waals surface area contributed by atoms with E-state index in [1.54, 1.807) is 24.4 Å². The molecule has 0 bridgehead atoms. The largest absolute Gasteiger partial charge is 0.573 e. The van der Waals surface area contributed by atoms with Crippen molar-refractivity contribution in [1.29, 1.82) is 0 Å². The first-order valence-corrected chi connectivity index (χ1v) is 5.43. The van der Waals surface area contributed by atoms with Gasteiger partial charge in [0.2, 0.25) is 0 Å². The molecule has 0 aliphatic heterocycles. The minimum atomic E-state index is -4.68. The van der Waals surface area contributed by atoms with E-state index >= 15 is 0 Å². The molecule has 1 heterocycles. The molecule has 0 radical (unpaired) electrons. The maximum Gasteiger partial charge on any atom is 0.573 e. The summed E-state index contributed by atoms with van der Waals surface area (Å²) in [6, 6.07) is 7.31. The monoisotopic (exact) mass is 268 g/mol. The third-order valence-corrected chi connectivity index (χ3v) is 2.53. The molecule has 0 saturated heterocycles. The van der Waals surface area contributed by atoms with Crippen molar-refractivity contribution in [2.75, 3.05) is 5.73 Å². The summed E-state index contributed by atoms with van der Waals surface area (Å²) in [5, 5.41) is 0. The van der Waals surface area contributed by atoms with Crippen LogP contribution in [-0.2, 0) is 0 Å². The molecule has 0 unspecified atom stereocenters. The summed E-state index contributed by atoms with van der Waals surface area (Å²) in [5.74, 6) is 0.149. The summed E-state index contributed by atoms with van der Waals surface area (Å²) in [4.78, 5) is 3.96. The van der Waals surface area contributed by atoms with Crippen LogP contribution in [0.15, 0.2) is 36.5 Å². The maximum absolute atomic E-state index is 12.0. The van der Waals surface area contributed by atoms with E-state index in [0.29, 0.717) is 5.82 Å². The SMILES string of the molecule is Cc1cc(N)ncc1-c1ccc(OC(F)(F)F)cc1. The fourth-order valence-electron chi connectivity index (χ4n) is 1.72. The molecule has 100 valence electrons. The number of anilines is 1. The Labute approximate surface area is 107 Å². The molecule has 1 aromatic heterocycles. The first-order valence-electron chi connectivity index (χ1n) is 5.43. The van der Waals surface area contributed by atoms with Gasteiger partial charge in [0.1, 0.15) is 11.6 Å². The smallest absolute Gasteiger partial charge is 0.406 e. The normalized spacial score (nSPS) is 11.4. The highest BCUT2D eigenvalue weighted by atomic mass is 19.4. The Bertz CT molecular complexity index is 579. The molecule has 0 amide bonds. The van der Waals surface area contributed by atoms with Gasteiger partial charge in [0.15, 0.2) is 0 Å².